The molecule has 0 saturated carbocycles. The Labute approximate surface area is 100 Å². The quantitative estimate of drug-likeness (QED) is 0.882. The minimum atomic E-state index is 0.171. The smallest absolute Gasteiger partial charge is 0.261 e. The molecule has 17 heavy (non-hydrogen) atoms. The van der Waals surface area contributed by atoms with Crippen LogP contribution in [0.15, 0.2) is 22.7 Å². The van der Waals surface area contributed by atoms with Crippen LogP contribution in [0.5, 0.6) is 5.75 Å². The van der Waals surface area contributed by atoms with Crippen LogP contribution in [-0.2, 0) is 0 Å². The van der Waals surface area contributed by atoms with Gasteiger partial charge in [0.25, 0.3) is 5.89 Å². The molecule has 90 valence electrons. The maximum absolute atomic E-state index is 9.82. The highest BCUT2D eigenvalue weighted by Crippen LogP contribution is 2.29. The van der Waals surface area contributed by atoms with Crippen molar-refractivity contribution in [2.24, 2.45) is 0 Å². The topological polar surface area (TPSA) is 59.2 Å². The van der Waals surface area contributed by atoms with Crippen molar-refractivity contribution in [2.75, 3.05) is 0 Å². The molecule has 2 rings (SSSR count). The summed E-state index contributed by atoms with van der Waals surface area (Å²) in [5, 5.41) is 13.8. The summed E-state index contributed by atoms with van der Waals surface area (Å²) in [5.41, 5.74) is 1.57. The van der Waals surface area contributed by atoms with E-state index >= 15 is 0 Å². The van der Waals surface area contributed by atoms with E-state index in [0.717, 1.165) is 12.0 Å². The molecule has 1 aromatic heterocycles. The third-order valence-electron chi connectivity index (χ3n) is 2.88. The number of nitrogens with zero attached hydrogens (tertiary/aromatic N) is 2. The van der Waals surface area contributed by atoms with Crippen molar-refractivity contribution < 1.29 is 9.63 Å². The summed E-state index contributed by atoms with van der Waals surface area (Å²) in [7, 11) is 0. The molecule has 0 amide bonds. The predicted octanol–water partition coefficient (Wildman–Crippen LogP) is 3.26. The molecule has 1 aromatic carbocycles. The number of aromatic hydroxyl groups is 1. The Morgan fingerprint density at radius 3 is 2.82 bits per heavy atom. The molecule has 4 heteroatoms. The van der Waals surface area contributed by atoms with Crippen molar-refractivity contribution in [3.8, 4) is 17.2 Å². The summed E-state index contributed by atoms with van der Waals surface area (Å²) in [6, 6.07) is 5.38. The Hall–Kier alpha value is -1.84. The highest BCUT2D eigenvalue weighted by atomic mass is 16.5. The number of hydrogen-bond donors (Lipinski definition) is 1. The van der Waals surface area contributed by atoms with Crippen LogP contribution < -0.4 is 0 Å². The fourth-order valence-electron chi connectivity index (χ4n) is 1.55. The molecule has 0 aliphatic heterocycles. The largest absolute Gasteiger partial charge is 0.507 e. The van der Waals surface area contributed by atoms with Gasteiger partial charge in [0.15, 0.2) is 5.82 Å². The highest BCUT2D eigenvalue weighted by molar-refractivity contribution is 5.62. The average Bonchev–Trinajstić information content (AvgIpc) is 2.77. The summed E-state index contributed by atoms with van der Waals surface area (Å²) < 4.78 is 5.17. The van der Waals surface area contributed by atoms with Gasteiger partial charge < -0.3 is 9.63 Å². The molecule has 1 N–H and O–H groups in total. The number of phenols is 1. The van der Waals surface area contributed by atoms with Crippen LogP contribution in [0.1, 0.15) is 37.6 Å². The van der Waals surface area contributed by atoms with Gasteiger partial charge in [-0.2, -0.15) is 4.98 Å². The average molecular weight is 232 g/mol. The van der Waals surface area contributed by atoms with Gasteiger partial charge in [-0.15, -0.1) is 0 Å². The van der Waals surface area contributed by atoms with Gasteiger partial charge >= 0.3 is 0 Å². The summed E-state index contributed by atoms with van der Waals surface area (Å²) in [6.45, 7) is 6.04. The molecule has 0 aliphatic carbocycles. The van der Waals surface area contributed by atoms with Crippen molar-refractivity contribution >= 4 is 0 Å². The van der Waals surface area contributed by atoms with Crippen molar-refractivity contribution in [3.05, 3.63) is 29.6 Å². The number of aromatic nitrogens is 2. The number of benzene rings is 1. The number of hydrogen-bond acceptors (Lipinski definition) is 4. The van der Waals surface area contributed by atoms with E-state index in [9.17, 15) is 5.11 Å². The van der Waals surface area contributed by atoms with Crippen LogP contribution in [0, 0.1) is 6.92 Å². The predicted molar refractivity (Wildman–Crippen MR) is 64.8 cm³/mol. The molecule has 1 unspecified atom stereocenters. The molecular weight excluding hydrogens is 216 g/mol. The van der Waals surface area contributed by atoms with Gasteiger partial charge in [-0.3, -0.25) is 0 Å². The van der Waals surface area contributed by atoms with Gasteiger partial charge in [0.1, 0.15) is 5.75 Å². The summed E-state index contributed by atoms with van der Waals surface area (Å²) >= 11 is 0. The van der Waals surface area contributed by atoms with Crippen molar-refractivity contribution in [1.29, 1.82) is 0 Å². The van der Waals surface area contributed by atoms with Crippen LogP contribution >= 0.6 is 0 Å². The fraction of sp³-hybridized carbons (Fsp3) is 0.385. The maximum Gasteiger partial charge on any atom is 0.261 e. The Kier molecular flexibility index (Phi) is 3.13. The lowest BCUT2D eigenvalue weighted by molar-refractivity contribution is 0.412. The van der Waals surface area contributed by atoms with Crippen molar-refractivity contribution in [2.45, 2.75) is 33.1 Å². The Morgan fingerprint density at radius 2 is 2.18 bits per heavy atom. The lowest BCUT2D eigenvalue weighted by Gasteiger charge is -2.00. The van der Waals surface area contributed by atoms with E-state index in [-0.39, 0.29) is 11.7 Å². The molecule has 0 fully saturated rings. The van der Waals surface area contributed by atoms with Gasteiger partial charge in [-0.25, -0.2) is 0 Å². The summed E-state index contributed by atoms with van der Waals surface area (Å²) in [6.07, 6.45) is 0.957. The first-order chi connectivity index (χ1) is 8.11. The van der Waals surface area contributed by atoms with Gasteiger partial charge in [-0.1, -0.05) is 25.1 Å². The summed E-state index contributed by atoms with van der Waals surface area (Å²) in [5.74, 6) is 1.49. The lowest BCUT2D eigenvalue weighted by atomic mass is 10.1. The van der Waals surface area contributed by atoms with Crippen molar-refractivity contribution in [3.63, 3.8) is 0 Å². The number of aryl methyl sites for hydroxylation is 1. The van der Waals surface area contributed by atoms with Gasteiger partial charge in [0, 0.05) is 5.92 Å². The molecule has 2 aromatic rings. The second-order valence-corrected chi connectivity index (χ2v) is 4.29. The molecule has 0 bridgehead atoms. The second kappa shape index (κ2) is 4.57. The van der Waals surface area contributed by atoms with E-state index < -0.39 is 0 Å². The highest BCUT2D eigenvalue weighted by Gasteiger charge is 2.15. The minimum Gasteiger partial charge on any atom is -0.507 e. The molecule has 0 saturated heterocycles. The first kappa shape index (κ1) is 11.6. The molecular formula is C13H16N2O2. The number of rotatable bonds is 3. The third-order valence-corrected chi connectivity index (χ3v) is 2.88. The molecule has 1 atom stereocenters. The van der Waals surface area contributed by atoms with Gasteiger partial charge in [-0.05, 0) is 31.0 Å². The van der Waals surface area contributed by atoms with Crippen LogP contribution in [0.3, 0.4) is 0 Å². The van der Waals surface area contributed by atoms with E-state index in [0.29, 0.717) is 17.3 Å². The summed E-state index contributed by atoms with van der Waals surface area (Å²) in [4.78, 5) is 4.30. The zero-order valence-corrected chi connectivity index (χ0v) is 10.3. The monoisotopic (exact) mass is 232 g/mol. The lowest BCUT2D eigenvalue weighted by Crippen LogP contribution is -1.93. The molecule has 1 heterocycles. The zero-order valence-electron chi connectivity index (χ0n) is 10.3. The first-order valence-electron chi connectivity index (χ1n) is 5.75. The minimum absolute atomic E-state index is 0.171. The number of phenolic OH excluding ortho intramolecular Hbond substituents is 1. The van der Waals surface area contributed by atoms with Gasteiger partial charge in [0.2, 0.25) is 0 Å². The zero-order chi connectivity index (χ0) is 12.4. The van der Waals surface area contributed by atoms with Gasteiger partial charge in [0.05, 0.1) is 5.56 Å². The SMILES string of the molecule is CCC(C)c1noc(-c2ccc(C)cc2O)n1. The molecule has 4 nitrogen and oxygen atoms in total. The van der Waals surface area contributed by atoms with Crippen LogP contribution in [0.25, 0.3) is 11.5 Å². The fourth-order valence-corrected chi connectivity index (χ4v) is 1.55. The Morgan fingerprint density at radius 1 is 1.41 bits per heavy atom. The van der Waals surface area contributed by atoms with Crippen LogP contribution in [0.2, 0.25) is 0 Å². The Bertz CT molecular complexity index is 520. The first-order valence-corrected chi connectivity index (χ1v) is 5.75. The van der Waals surface area contributed by atoms with Crippen LogP contribution in [-0.4, -0.2) is 15.2 Å². The molecule has 0 radical (unpaired) electrons. The van der Waals surface area contributed by atoms with E-state index in [1.807, 2.05) is 19.9 Å². The standard InChI is InChI=1S/C13H16N2O2/c1-4-9(3)12-14-13(17-15-12)10-6-5-8(2)7-11(10)16/h5-7,9,16H,4H2,1-3H3. The normalized spacial score (nSPS) is 12.6. The van der Waals surface area contributed by atoms with E-state index in [2.05, 4.69) is 17.1 Å². The van der Waals surface area contributed by atoms with E-state index in [1.54, 1.807) is 12.1 Å². The molecule has 0 spiro atoms. The van der Waals surface area contributed by atoms with E-state index in [1.165, 1.54) is 0 Å². The van der Waals surface area contributed by atoms with E-state index in [4.69, 9.17) is 4.52 Å². The Balaban J connectivity index is 2.37. The van der Waals surface area contributed by atoms with Crippen LogP contribution in [0.4, 0.5) is 0 Å². The maximum atomic E-state index is 9.82. The second-order valence-electron chi connectivity index (χ2n) is 4.29. The third kappa shape index (κ3) is 2.30. The molecule has 0 aliphatic rings. The van der Waals surface area contributed by atoms with Crippen molar-refractivity contribution in [1.82, 2.24) is 10.1 Å².